The minimum Gasteiger partial charge on any atom is -0.493 e. The zero-order valence-corrected chi connectivity index (χ0v) is 17.9. The summed E-state index contributed by atoms with van der Waals surface area (Å²) in [4.78, 5) is 12.8. The zero-order valence-electron chi connectivity index (χ0n) is 15.6. The van der Waals surface area contributed by atoms with Gasteiger partial charge in [0, 0.05) is 10.6 Å². The van der Waals surface area contributed by atoms with Crippen molar-refractivity contribution in [2.75, 3.05) is 21.3 Å². The molecule has 0 radical (unpaired) electrons. The lowest BCUT2D eigenvalue weighted by molar-refractivity contribution is 0.0733. The number of hydrogen-bond acceptors (Lipinski definition) is 7. The summed E-state index contributed by atoms with van der Waals surface area (Å²) >= 11 is 16.9. The van der Waals surface area contributed by atoms with Gasteiger partial charge in [0.25, 0.3) is 0 Å². The second kappa shape index (κ2) is 10.1. The Balaban J connectivity index is 2.42. The van der Waals surface area contributed by atoms with Crippen molar-refractivity contribution in [2.45, 2.75) is 0 Å². The van der Waals surface area contributed by atoms with Crippen molar-refractivity contribution in [3.05, 3.63) is 45.4 Å². The summed E-state index contributed by atoms with van der Waals surface area (Å²) in [6.07, 6.45) is 1.31. The van der Waals surface area contributed by atoms with Gasteiger partial charge < -0.3 is 24.7 Å². The van der Waals surface area contributed by atoms with Gasteiger partial charge in [-0.3, -0.25) is 5.43 Å². The molecule has 29 heavy (non-hydrogen) atoms. The number of esters is 1. The van der Waals surface area contributed by atoms with Crippen LogP contribution >= 0.6 is 35.4 Å². The number of halogens is 2. The molecule has 8 nitrogen and oxygen atoms in total. The number of methoxy groups -OCH3 is 3. The number of benzene rings is 2. The van der Waals surface area contributed by atoms with Crippen molar-refractivity contribution in [3.8, 4) is 23.0 Å². The highest BCUT2D eigenvalue weighted by atomic mass is 35.5. The Labute approximate surface area is 182 Å². The van der Waals surface area contributed by atoms with Crippen molar-refractivity contribution >= 4 is 52.7 Å². The van der Waals surface area contributed by atoms with Crippen LogP contribution in [0.5, 0.6) is 23.0 Å². The van der Waals surface area contributed by atoms with Crippen molar-refractivity contribution in [3.63, 3.8) is 0 Å². The lowest BCUT2D eigenvalue weighted by atomic mass is 10.1. The lowest BCUT2D eigenvalue weighted by Gasteiger charge is -2.14. The normalized spacial score (nSPS) is 10.5. The molecule has 2 aromatic carbocycles. The Morgan fingerprint density at radius 3 is 2.21 bits per heavy atom. The Morgan fingerprint density at radius 2 is 1.69 bits per heavy atom. The maximum atomic E-state index is 12.8. The number of rotatable bonds is 7. The van der Waals surface area contributed by atoms with E-state index in [0.29, 0.717) is 27.8 Å². The first-order chi connectivity index (χ1) is 13.8. The first-order valence-electron chi connectivity index (χ1n) is 7.90. The van der Waals surface area contributed by atoms with Crippen LogP contribution in [0.1, 0.15) is 15.9 Å². The van der Waals surface area contributed by atoms with Gasteiger partial charge in [-0.2, -0.15) is 5.10 Å². The SMILES string of the molecule is COc1cc(C(=O)Oc2c(Cl)cc(Cl)cc2C=NNC(N)=S)cc(OC)c1OC. The first kappa shape index (κ1) is 22.5. The second-order valence-electron chi connectivity index (χ2n) is 5.34. The number of carbonyl (C=O) groups is 1. The number of nitrogens with zero attached hydrogens (tertiary/aromatic N) is 1. The molecule has 11 heteroatoms. The van der Waals surface area contributed by atoms with E-state index in [2.05, 4.69) is 22.7 Å². The van der Waals surface area contributed by atoms with Crippen LogP contribution in [0, 0.1) is 0 Å². The number of thiocarbonyl (C=S) groups is 1. The van der Waals surface area contributed by atoms with Crippen LogP contribution in [0.15, 0.2) is 29.4 Å². The first-order valence-corrected chi connectivity index (χ1v) is 9.06. The maximum absolute atomic E-state index is 12.8. The van der Waals surface area contributed by atoms with Crippen molar-refractivity contribution in [2.24, 2.45) is 10.8 Å². The zero-order chi connectivity index (χ0) is 21.6. The van der Waals surface area contributed by atoms with E-state index in [1.54, 1.807) is 0 Å². The van der Waals surface area contributed by atoms with E-state index in [9.17, 15) is 4.79 Å². The van der Waals surface area contributed by atoms with Gasteiger partial charge in [-0.05, 0) is 36.5 Å². The molecule has 0 aliphatic carbocycles. The van der Waals surface area contributed by atoms with E-state index >= 15 is 0 Å². The van der Waals surface area contributed by atoms with Gasteiger partial charge in [0.05, 0.1) is 38.1 Å². The van der Waals surface area contributed by atoms with E-state index in [1.807, 2.05) is 0 Å². The van der Waals surface area contributed by atoms with Crippen molar-refractivity contribution < 1.29 is 23.7 Å². The van der Waals surface area contributed by atoms with Crippen LogP contribution < -0.4 is 30.1 Å². The molecular weight excluding hydrogens is 441 g/mol. The molecule has 0 saturated carbocycles. The highest BCUT2D eigenvalue weighted by molar-refractivity contribution is 7.80. The fourth-order valence-electron chi connectivity index (χ4n) is 2.30. The third kappa shape index (κ3) is 5.63. The average molecular weight is 458 g/mol. The van der Waals surface area contributed by atoms with Crippen LogP contribution in [0.2, 0.25) is 10.0 Å². The molecule has 0 aliphatic rings. The van der Waals surface area contributed by atoms with Gasteiger partial charge in [0.15, 0.2) is 22.4 Å². The minimum absolute atomic E-state index is 0.0367. The molecule has 0 aromatic heterocycles. The Kier molecular flexibility index (Phi) is 7.89. The molecule has 0 amide bonds. The molecule has 0 saturated heterocycles. The predicted octanol–water partition coefficient (Wildman–Crippen LogP) is 3.41. The van der Waals surface area contributed by atoms with E-state index in [-0.39, 0.29) is 21.4 Å². The molecule has 0 bridgehead atoms. The number of ether oxygens (including phenoxy) is 4. The molecule has 0 aliphatic heterocycles. The van der Waals surface area contributed by atoms with E-state index in [0.717, 1.165) is 0 Å². The molecule has 0 spiro atoms. The highest BCUT2D eigenvalue weighted by Gasteiger charge is 2.20. The highest BCUT2D eigenvalue weighted by Crippen LogP contribution is 2.39. The van der Waals surface area contributed by atoms with Gasteiger partial charge in [0.2, 0.25) is 5.75 Å². The molecular formula is C18H17Cl2N3O5S. The monoisotopic (exact) mass is 457 g/mol. The summed E-state index contributed by atoms with van der Waals surface area (Å²) in [5.41, 5.74) is 8.19. The molecule has 0 fully saturated rings. The van der Waals surface area contributed by atoms with Crippen molar-refractivity contribution in [1.29, 1.82) is 0 Å². The van der Waals surface area contributed by atoms with Gasteiger partial charge >= 0.3 is 5.97 Å². The van der Waals surface area contributed by atoms with Crippen LogP contribution in [0.3, 0.4) is 0 Å². The predicted molar refractivity (Wildman–Crippen MR) is 115 cm³/mol. The summed E-state index contributed by atoms with van der Waals surface area (Å²) in [6.45, 7) is 0. The Bertz CT molecular complexity index is 944. The Hall–Kier alpha value is -2.75. The fraction of sp³-hybridized carbons (Fsp3) is 0.167. The van der Waals surface area contributed by atoms with Gasteiger partial charge in [-0.1, -0.05) is 23.2 Å². The summed E-state index contributed by atoms with van der Waals surface area (Å²) < 4.78 is 21.2. The van der Waals surface area contributed by atoms with Crippen LogP contribution in [-0.2, 0) is 0 Å². The van der Waals surface area contributed by atoms with Gasteiger partial charge in [0.1, 0.15) is 0 Å². The third-order valence-electron chi connectivity index (χ3n) is 3.51. The van der Waals surface area contributed by atoms with E-state index in [1.165, 1.54) is 51.8 Å². The quantitative estimate of drug-likeness (QED) is 0.214. The number of nitrogens with one attached hydrogen (secondary N) is 1. The number of hydrazone groups is 1. The van der Waals surface area contributed by atoms with Gasteiger partial charge in [-0.15, -0.1) is 0 Å². The number of hydrogen-bond donors (Lipinski definition) is 2. The summed E-state index contributed by atoms with van der Waals surface area (Å²) in [6, 6.07) is 5.85. The fourth-order valence-corrected chi connectivity index (χ4v) is 2.90. The Morgan fingerprint density at radius 1 is 1.07 bits per heavy atom. The van der Waals surface area contributed by atoms with Crippen molar-refractivity contribution in [1.82, 2.24) is 5.43 Å². The van der Waals surface area contributed by atoms with E-state index < -0.39 is 5.97 Å². The topological polar surface area (TPSA) is 104 Å². The average Bonchev–Trinajstić information content (AvgIpc) is 2.68. The summed E-state index contributed by atoms with van der Waals surface area (Å²) in [7, 11) is 4.33. The molecule has 2 aromatic rings. The molecule has 3 N–H and O–H groups in total. The summed E-state index contributed by atoms with van der Waals surface area (Å²) in [5, 5.41) is 4.22. The van der Waals surface area contributed by atoms with Crippen LogP contribution in [0.25, 0.3) is 0 Å². The number of nitrogens with two attached hydrogens (primary N) is 1. The molecule has 2 rings (SSSR count). The second-order valence-corrected chi connectivity index (χ2v) is 6.63. The minimum atomic E-state index is -0.717. The van der Waals surface area contributed by atoms with Crippen LogP contribution in [0.4, 0.5) is 0 Å². The molecule has 154 valence electrons. The third-order valence-corrected chi connectivity index (χ3v) is 4.10. The largest absolute Gasteiger partial charge is 0.493 e. The molecule has 0 heterocycles. The smallest absolute Gasteiger partial charge is 0.343 e. The lowest BCUT2D eigenvalue weighted by Crippen LogP contribution is -2.24. The van der Waals surface area contributed by atoms with Crippen LogP contribution in [-0.4, -0.2) is 38.6 Å². The summed E-state index contributed by atoms with van der Waals surface area (Å²) in [5.74, 6) is 0.258. The molecule has 0 atom stereocenters. The molecule has 0 unspecified atom stereocenters. The standard InChI is InChI=1S/C18H17Cl2N3O5S/c1-25-13-5-9(6-14(26-2)16(13)27-3)17(24)28-15-10(8-22-23-18(21)29)4-11(19)7-12(15)20/h4-8H,1-3H3,(H3,21,23,29). The number of carbonyl (C=O) groups excluding carboxylic acids is 1. The van der Waals surface area contributed by atoms with Gasteiger partial charge in [-0.25, -0.2) is 4.79 Å². The maximum Gasteiger partial charge on any atom is 0.343 e. The van der Waals surface area contributed by atoms with E-state index in [4.69, 9.17) is 47.9 Å².